The second kappa shape index (κ2) is 4.68. The summed E-state index contributed by atoms with van der Waals surface area (Å²) in [6.07, 6.45) is 2.18. The minimum Gasteiger partial charge on any atom is -0.286 e. The first-order valence-electron chi connectivity index (χ1n) is 3.35. The third-order valence-electron chi connectivity index (χ3n) is 1.04. The lowest BCUT2D eigenvalue weighted by Gasteiger charge is -2.11. The number of nitrogens with zero attached hydrogens (tertiary/aromatic N) is 1. The maximum absolute atomic E-state index is 11.0. The minimum atomic E-state index is -0.157. The molecule has 1 N–H and O–H groups in total. The summed E-state index contributed by atoms with van der Waals surface area (Å²) in [6.45, 7) is 7.10. The summed E-state index contributed by atoms with van der Waals surface area (Å²) < 4.78 is 0. The Labute approximate surface area is 67.4 Å². The Kier molecular flexibility index (Phi) is 4.22. The van der Waals surface area contributed by atoms with Crippen LogP contribution in [0.3, 0.4) is 0 Å². The quantitative estimate of drug-likeness (QED) is 0.367. The van der Waals surface area contributed by atoms with Crippen molar-refractivity contribution < 1.29 is 4.79 Å². The number of carbonyl (C=O) groups is 1. The molecule has 0 aromatic rings. The van der Waals surface area contributed by atoms with Gasteiger partial charge in [-0.15, -0.1) is 6.58 Å². The van der Waals surface area contributed by atoms with E-state index in [4.69, 9.17) is 0 Å². The summed E-state index contributed by atoms with van der Waals surface area (Å²) in [5.74, 6) is -0.157. The molecule has 0 aliphatic heterocycles. The van der Waals surface area contributed by atoms with Crippen LogP contribution in [0.2, 0.25) is 0 Å². The molecular weight excluding hydrogens is 140 g/mol. The molecule has 62 valence electrons. The first-order chi connectivity index (χ1) is 5.07. The predicted molar refractivity (Wildman–Crippen MR) is 45.8 cm³/mol. The molecular formula is C8H14N2O. The number of rotatable bonds is 4. The van der Waals surface area contributed by atoms with Crippen LogP contribution in [0.25, 0.3) is 0 Å². The standard InChI is InChI=1S/C8H14N2O/c1-5-6-7(2)8(11)9-10(3)4/h5H,1-2,6H2,3-4H3,(H,9,11). The molecule has 0 aliphatic rings. The molecule has 3 nitrogen and oxygen atoms in total. The fourth-order valence-electron chi connectivity index (χ4n) is 0.549. The van der Waals surface area contributed by atoms with Crippen LogP contribution in [-0.2, 0) is 4.79 Å². The SMILES string of the molecule is C=CCC(=C)C(=O)NN(C)C. The molecule has 0 radical (unpaired) electrons. The molecule has 1 amide bonds. The van der Waals surface area contributed by atoms with Crippen LogP contribution in [-0.4, -0.2) is 25.0 Å². The summed E-state index contributed by atoms with van der Waals surface area (Å²) in [4.78, 5) is 11.0. The van der Waals surface area contributed by atoms with Crippen molar-refractivity contribution in [1.82, 2.24) is 10.4 Å². The largest absolute Gasteiger partial charge is 0.286 e. The van der Waals surface area contributed by atoms with E-state index in [1.807, 2.05) is 0 Å². The van der Waals surface area contributed by atoms with Gasteiger partial charge in [-0.3, -0.25) is 10.2 Å². The highest BCUT2D eigenvalue weighted by atomic mass is 16.2. The Morgan fingerprint density at radius 3 is 2.55 bits per heavy atom. The van der Waals surface area contributed by atoms with Crippen LogP contribution >= 0.6 is 0 Å². The zero-order valence-electron chi connectivity index (χ0n) is 7.05. The zero-order chi connectivity index (χ0) is 8.85. The van der Waals surface area contributed by atoms with E-state index in [2.05, 4.69) is 18.6 Å². The van der Waals surface area contributed by atoms with E-state index >= 15 is 0 Å². The summed E-state index contributed by atoms with van der Waals surface area (Å²) in [7, 11) is 3.50. The summed E-state index contributed by atoms with van der Waals surface area (Å²) in [5.41, 5.74) is 3.10. The van der Waals surface area contributed by atoms with Crippen LogP contribution < -0.4 is 5.43 Å². The Hall–Kier alpha value is -1.09. The van der Waals surface area contributed by atoms with Crippen LogP contribution in [0.1, 0.15) is 6.42 Å². The van der Waals surface area contributed by atoms with Gasteiger partial charge in [0.1, 0.15) is 0 Å². The average Bonchev–Trinajstić information content (AvgIpc) is 1.86. The fraction of sp³-hybridized carbons (Fsp3) is 0.375. The van der Waals surface area contributed by atoms with E-state index < -0.39 is 0 Å². The number of allylic oxidation sites excluding steroid dienone is 1. The molecule has 0 aromatic heterocycles. The Morgan fingerprint density at radius 2 is 2.18 bits per heavy atom. The molecule has 0 atom stereocenters. The van der Waals surface area contributed by atoms with E-state index in [9.17, 15) is 4.79 Å². The highest BCUT2D eigenvalue weighted by Gasteiger charge is 2.04. The van der Waals surface area contributed by atoms with Gasteiger partial charge < -0.3 is 0 Å². The molecule has 11 heavy (non-hydrogen) atoms. The summed E-state index contributed by atoms with van der Waals surface area (Å²) in [5, 5.41) is 1.58. The van der Waals surface area contributed by atoms with Crippen molar-refractivity contribution >= 4 is 5.91 Å². The Bertz CT molecular complexity index is 173. The van der Waals surface area contributed by atoms with Gasteiger partial charge in [0, 0.05) is 19.7 Å². The second-order valence-corrected chi connectivity index (χ2v) is 2.43. The average molecular weight is 154 g/mol. The van der Waals surface area contributed by atoms with Gasteiger partial charge in [-0.1, -0.05) is 12.7 Å². The smallest absolute Gasteiger partial charge is 0.261 e. The van der Waals surface area contributed by atoms with Crippen LogP contribution in [0.15, 0.2) is 24.8 Å². The summed E-state index contributed by atoms with van der Waals surface area (Å²) >= 11 is 0. The molecule has 0 bridgehead atoms. The maximum Gasteiger partial charge on any atom is 0.261 e. The molecule has 3 heteroatoms. The van der Waals surface area contributed by atoms with Gasteiger partial charge in [0.15, 0.2) is 0 Å². The number of carbonyl (C=O) groups excluding carboxylic acids is 1. The van der Waals surface area contributed by atoms with Gasteiger partial charge in [0.05, 0.1) is 0 Å². The first-order valence-corrected chi connectivity index (χ1v) is 3.35. The van der Waals surface area contributed by atoms with E-state index in [0.717, 1.165) is 0 Å². The highest BCUT2D eigenvalue weighted by Crippen LogP contribution is 1.97. The van der Waals surface area contributed by atoms with Crippen LogP contribution in [0, 0.1) is 0 Å². The molecule has 0 spiro atoms. The fourth-order valence-corrected chi connectivity index (χ4v) is 0.549. The normalized spacial score (nSPS) is 9.36. The third-order valence-corrected chi connectivity index (χ3v) is 1.04. The van der Waals surface area contributed by atoms with E-state index in [-0.39, 0.29) is 5.91 Å². The van der Waals surface area contributed by atoms with Gasteiger partial charge >= 0.3 is 0 Å². The van der Waals surface area contributed by atoms with Gasteiger partial charge in [-0.25, -0.2) is 5.01 Å². The van der Waals surface area contributed by atoms with Crippen molar-refractivity contribution in [3.8, 4) is 0 Å². The number of hydrogen-bond donors (Lipinski definition) is 1. The number of amides is 1. The van der Waals surface area contributed by atoms with Gasteiger partial charge in [-0.05, 0) is 6.42 Å². The highest BCUT2D eigenvalue weighted by molar-refractivity contribution is 5.92. The lowest BCUT2D eigenvalue weighted by molar-refractivity contribution is -0.121. The van der Waals surface area contributed by atoms with E-state index in [1.165, 1.54) is 0 Å². The Morgan fingerprint density at radius 1 is 1.64 bits per heavy atom. The molecule has 0 fully saturated rings. The molecule has 0 saturated carbocycles. The lowest BCUT2D eigenvalue weighted by atomic mass is 10.2. The van der Waals surface area contributed by atoms with E-state index in [0.29, 0.717) is 12.0 Å². The van der Waals surface area contributed by atoms with Crippen LogP contribution in [0.4, 0.5) is 0 Å². The maximum atomic E-state index is 11.0. The zero-order valence-corrected chi connectivity index (χ0v) is 7.05. The molecule has 0 aliphatic carbocycles. The minimum absolute atomic E-state index is 0.157. The molecule has 0 heterocycles. The number of hydrogen-bond acceptors (Lipinski definition) is 2. The third kappa shape index (κ3) is 4.33. The van der Waals surface area contributed by atoms with Crippen molar-refractivity contribution in [2.24, 2.45) is 0 Å². The molecule has 0 saturated heterocycles. The lowest BCUT2D eigenvalue weighted by Crippen LogP contribution is -2.36. The van der Waals surface area contributed by atoms with Gasteiger partial charge in [-0.2, -0.15) is 0 Å². The van der Waals surface area contributed by atoms with E-state index in [1.54, 1.807) is 25.2 Å². The molecule has 0 rings (SSSR count). The van der Waals surface area contributed by atoms with Crippen molar-refractivity contribution in [3.05, 3.63) is 24.8 Å². The first kappa shape index (κ1) is 9.91. The van der Waals surface area contributed by atoms with Crippen molar-refractivity contribution in [3.63, 3.8) is 0 Å². The molecule has 0 aromatic carbocycles. The number of nitrogens with one attached hydrogen (secondary N) is 1. The topological polar surface area (TPSA) is 32.3 Å². The monoisotopic (exact) mass is 154 g/mol. The summed E-state index contributed by atoms with van der Waals surface area (Å²) in [6, 6.07) is 0. The number of hydrazine groups is 1. The Balaban J connectivity index is 3.83. The van der Waals surface area contributed by atoms with Crippen LogP contribution in [0.5, 0.6) is 0 Å². The molecule has 0 unspecified atom stereocenters. The predicted octanol–water partition coefficient (Wildman–Crippen LogP) is 0.711. The van der Waals surface area contributed by atoms with Crippen molar-refractivity contribution in [2.75, 3.05) is 14.1 Å². The second-order valence-electron chi connectivity index (χ2n) is 2.43. The van der Waals surface area contributed by atoms with Gasteiger partial charge in [0.2, 0.25) is 0 Å². The van der Waals surface area contributed by atoms with Crippen molar-refractivity contribution in [1.29, 1.82) is 0 Å². The van der Waals surface area contributed by atoms with Crippen molar-refractivity contribution in [2.45, 2.75) is 6.42 Å². The van der Waals surface area contributed by atoms with Gasteiger partial charge in [0.25, 0.3) is 5.91 Å².